The molecule has 0 radical (unpaired) electrons. The van der Waals surface area contributed by atoms with Gasteiger partial charge in [0.1, 0.15) is 0 Å². The van der Waals surface area contributed by atoms with E-state index in [4.69, 9.17) is 9.47 Å². The topological polar surface area (TPSA) is 18.5 Å². The molecule has 0 saturated heterocycles. The Balaban J connectivity index is 1.93. The summed E-state index contributed by atoms with van der Waals surface area (Å²) in [6.45, 7) is 2.90. The van der Waals surface area contributed by atoms with E-state index in [0.29, 0.717) is 0 Å². The Morgan fingerprint density at radius 1 is 1.12 bits per heavy atom. The third-order valence-corrected chi connectivity index (χ3v) is 3.52. The molecule has 0 aliphatic heterocycles. The lowest BCUT2D eigenvalue weighted by Gasteiger charge is -2.22. The van der Waals surface area contributed by atoms with E-state index < -0.39 is 0 Å². The summed E-state index contributed by atoms with van der Waals surface area (Å²) >= 11 is 0. The molecule has 1 aliphatic rings. The predicted octanol–water partition coefficient (Wildman–Crippen LogP) is 3.96. The average molecular weight is 234 g/mol. The summed E-state index contributed by atoms with van der Waals surface area (Å²) in [7, 11) is 1.70. The van der Waals surface area contributed by atoms with Crippen molar-refractivity contribution in [1.29, 1.82) is 0 Å². The van der Waals surface area contributed by atoms with Crippen LogP contribution in [0.25, 0.3) is 0 Å². The van der Waals surface area contributed by atoms with E-state index in [9.17, 15) is 0 Å². The molecule has 0 unspecified atom stereocenters. The smallest absolute Gasteiger partial charge is 0.161 e. The second-order valence-corrected chi connectivity index (χ2v) is 4.97. The molecule has 0 aromatic heterocycles. The quantitative estimate of drug-likeness (QED) is 0.785. The van der Waals surface area contributed by atoms with Crippen molar-refractivity contribution in [1.82, 2.24) is 0 Å². The van der Waals surface area contributed by atoms with Crippen molar-refractivity contribution in [2.75, 3.05) is 13.7 Å². The van der Waals surface area contributed by atoms with Crippen molar-refractivity contribution in [2.45, 2.75) is 39.0 Å². The fourth-order valence-corrected chi connectivity index (χ4v) is 2.46. The molecule has 2 nitrogen and oxygen atoms in total. The summed E-state index contributed by atoms with van der Waals surface area (Å²) in [5.41, 5.74) is 1.20. The van der Waals surface area contributed by atoms with Crippen LogP contribution in [0.15, 0.2) is 18.2 Å². The van der Waals surface area contributed by atoms with Crippen LogP contribution in [0.5, 0.6) is 11.5 Å². The molecule has 1 aromatic rings. The third-order valence-electron chi connectivity index (χ3n) is 3.52. The first-order chi connectivity index (χ1) is 8.29. The second-order valence-electron chi connectivity index (χ2n) is 4.97. The number of hydrogen-bond acceptors (Lipinski definition) is 2. The summed E-state index contributed by atoms with van der Waals surface area (Å²) in [6.07, 6.45) is 6.74. The van der Waals surface area contributed by atoms with Gasteiger partial charge >= 0.3 is 0 Å². The zero-order valence-corrected chi connectivity index (χ0v) is 10.9. The van der Waals surface area contributed by atoms with E-state index in [-0.39, 0.29) is 0 Å². The van der Waals surface area contributed by atoms with Gasteiger partial charge in [0.05, 0.1) is 13.7 Å². The monoisotopic (exact) mass is 234 g/mol. The second kappa shape index (κ2) is 5.95. The SMILES string of the molecule is COc1cc(C)ccc1OCC1CCCCC1. The lowest BCUT2D eigenvalue weighted by molar-refractivity contribution is 0.202. The van der Waals surface area contributed by atoms with Crippen molar-refractivity contribution in [3.05, 3.63) is 23.8 Å². The first-order valence-corrected chi connectivity index (χ1v) is 6.57. The van der Waals surface area contributed by atoms with E-state index in [0.717, 1.165) is 24.0 Å². The molecular weight excluding hydrogens is 212 g/mol. The van der Waals surface area contributed by atoms with E-state index in [1.54, 1.807) is 7.11 Å². The largest absolute Gasteiger partial charge is 0.493 e. The van der Waals surface area contributed by atoms with Gasteiger partial charge in [-0.1, -0.05) is 25.3 Å². The summed E-state index contributed by atoms with van der Waals surface area (Å²) in [5, 5.41) is 0. The fraction of sp³-hybridized carbons (Fsp3) is 0.600. The standard InChI is InChI=1S/C15H22O2/c1-12-8-9-14(15(10-12)16-2)17-11-13-6-4-3-5-7-13/h8-10,13H,3-7,11H2,1-2H3. The van der Waals surface area contributed by atoms with Gasteiger partial charge in [-0.15, -0.1) is 0 Å². The van der Waals surface area contributed by atoms with E-state index in [1.165, 1.54) is 37.7 Å². The lowest BCUT2D eigenvalue weighted by Crippen LogP contribution is -2.15. The summed E-state index contributed by atoms with van der Waals surface area (Å²) < 4.78 is 11.2. The number of benzene rings is 1. The van der Waals surface area contributed by atoms with E-state index in [2.05, 4.69) is 13.0 Å². The van der Waals surface area contributed by atoms with Crippen LogP contribution in [0.1, 0.15) is 37.7 Å². The van der Waals surface area contributed by atoms with Gasteiger partial charge < -0.3 is 9.47 Å². The Hall–Kier alpha value is -1.18. The van der Waals surface area contributed by atoms with Crippen LogP contribution < -0.4 is 9.47 Å². The highest BCUT2D eigenvalue weighted by Crippen LogP contribution is 2.30. The van der Waals surface area contributed by atoms with Crippen molar-refractivity contribution in [2.24, 2.45) is 5.92 Å². The molecule has 0 N–H and O–H groups in total. The van der Waals surface area contributed by atoms with E-state index in [1.807, 2.05) is 12.1 Å². The number of rotatable bonds is 4. The fourth-order valence-electron chi connectivity index (χ4n) is 2.46. The van der Waals surface area contributed by atoms with Crippen molar-refractivity contribution >= 4 is 0 Å². The zero-order valence-electron chi connectivity index (χ0n) is 10.9. The Labute approximate surface area is 104 Å². The van der Waals surface area contributed by atoms with Gasteiger partial charge in [0.25, 0.3) is 0 Å². The highest BCUT2D eigenvalue weighted by atomic mass is 16.5. The Morgan fingerprint density at radius 2 is 1.88 bits per heavy atom. The molecule has 0 amide bonds. The van der Waals surface area contributed by atoms with Crippen LogP contribution in [0.4, 0.5) is 0 Å². The molecule has 2 rings (SSSR count). The normalized spacial score (nSPS) is 16.8. The lowest BCUT2D eigenvalue weighted by atomic mass is 9.90. The molecular formula is C15H22O2. The van der Waals surface area contributed by atoms with Gasteiger partial charge in [-0.25, -0.2) is 0 Å². The van der Waals surface area contributed by atoms with Gasteiger partial charge in [-0.05, 0) is 43.4 Å². The Kier molecular flexibility index (Phi) is 4.29. The van der Waals surface area contributed by atoms with Gasteiger partial charge in [0.2, 0.25) is 0 Å². The van der Waals surface area contributed by atoms with Crippen LogP contribution in [-0.2, 0) is 0 Å². The first kappa shape index (κ1) is 12.3. The van der Waals surface area contributed by atoms with Gasteiger partial charge in [0, 0.05) is 0 Å². The molecule has 0 heterocycles. The van der Waals surface area contributed by atoms with Crippen LogP contribution in [0, 0.1) is 12.8 Å². The zero-order chi connectivity index (χ0) is 12.1. The van der Waals surface area contributed by atoms with Crippen LogP contribution >= 0.6 is 0 Å². The number of ether oxygens (including phenoxy) is 2. The molecule has 1 fully saturated rings. The summed E-state index contributed by atoms with van der Waals surface area (Å²) in [6, 6.07) is 6.10. The molecule has 0 spiro atoms. The maximum absolute atomic E-state index is 5.90. The minimum atomic E-state index is 0.731. The van der Waals surface area contributed by atoms with Gasteiger partial charge in [0.15, 0.2) is 11.5 Å². The Bertz CT molecular complexity index is 354. The van der Waals surface area contributed by atoms with Crippen molar-refractivity contribution in [3.63, 3.8) is 0 Å². The van der Waals surface area contributed by atoms with Gasteiger partial charge in [-0.3, -0.25) is 0 Å². The molecule has 1 aliphatic carbocycles. The highest BCUT2D eigenvalue weighted by molar-refractivity contribution is 5.42. The molecule has 1 saturated carbocycles. The Morgan fingerprint density at radius 3 is 2.59 bits per heavy atom. The predicted molar refractivity (Wildman–Crippen MR) is 69.8 cm³/mol. The molecule has 1 aromatic carbocycles. The first-order valence-electron chi connectivity index (χ1n) is 6.57. The average Bonchev–Trinajstić information content (AvgIpc) is 2.38. The minimum absolute atomic E-state index is 0.731. The maximum Gasteiger partial charge on any atom is 0.161 e. The molecule has 0 atom stereocenters. The number of hydrogen-bond donors (Lipinski definition) is 0. The number of methoxy groups -OCH3 is 1. The number of aryl methyl sites for hydroxylation is 1. The van der Waals surface area contributed by atoms with Gasteiger partial charge in [-0.2, -0.15) is 0 Å². The molecule has 2 heteroatoms. The summed E-state index contributed by atoms with van der Waals surface area (Å²) in [4.78, 5) is 0. The van der Waals surface area contributed by atoms with Crippen LogP contribution in [0.3, 0.4) is 0 Å². The molecule has 17 heavy (non-hydrogen) atoms. The van der Waals surface area contributed by atoms with Crippen molar-refractivity contribution < 1.29 is 9.47 Å². The van der Waals surface area contributed by atoms with E-state index >= 15 is 0 Å². The van der Waals surface area contributed by atoms with Crippen molar-refractivity contribution in [3.8, 4) is 11.5 Å². The molecule has 94 valence electrons. The highest BCUT2D eigenvalue weighted by Gasteiger charge is 2.15. The van der Waals surface area contributed by atoms with Crippen LogP contribution in [0.2, 0.25) is 0 Å². The van der Waals surface area contributed by atoms with Crippen LogP contribution in [-0.4, -0.2) is 13.7 Å². The summed E-state index contributed by atoms with van der Waals surface area (Å²) in [5.74, 6) is 2.46. The third kappa shape index (κ3) is 3.39. The minimum Gasteiger partial charge on any atom is -0.493 e. The molecule has 0 bridgehead atoms. The maximum atomic E-state index is 5.90.